The van der Waals surface area contributed by atoms with Crippen molar-refractivity contribution in [1.82, 2.24) is 10.2 Å². The first-order valence-electron chi connectivity index (χ1n) is 4.86. The minimum Gasteiger partial charge on any atom is -0.340 e. The van der Waals surface area contributed by atoms with E-state index in [0.717, 1.165) is 0 Å². The molecule has 4 nitrogen and oxygen atoms in total. The second kappa shape index (κ2) is 2.97. The molecule has 0 aromatic heterocycles. The van der Waals surface area contributed by atoms with E-state index < -0.39 is 11.1 Å². The highest BCUT2D eigenvalue weighted by atomic mass is 16.2. The van der Waals surface area contributed by atoms with Gasteiger partial charge >= 0.3 is 0 Å². The Balaban J connectivity index is 3.08. The molecule has 14 heavy (non-hydrogen) atoms. The first-order valence-corrected chi connectivity index (χ1v) is 4.86. The van der Waals surface area contributed by atoms with Gasteiger partial charge in [-0.2, -0.15) is 0 Å². The standard InChI is InChI=1S/C10H18N2O2/c1-6-10(4)8(14)12(5)9(2,3)7(13)11-10/h6H2,1-5H3,(H,11,13). The molecule has 1 rings (SSSR count). The number of carbonyl (C=O) groups excluding carboxylic acids is 2. The molecule has 0 aliphatic carbocycles. The van der Waals surface area contributed by atoms with Crippen LogP contribution in [0.1, 0.15) is 34.1 Å². The minimum absolute atomic E-state index is 0.0235. The highest BCUT2D eigenvalue weighted by molar-refractivity contribution is 6.01. The van der Waals surface area contributed by atoms with E-state index in [9.17, 15) is 9.59 Å². The van der Waals surface area contributed by atoms with E-state index in [-0.39, 0.29) is 11.8 Å². The Morgan fingerprint density at radius 2 is 1.79 bits per heavy atom. The van der Waals surface area contributed by atoms with Crippen LogP contribution in [0.15, 0.2) is 0 Å². The van der Waals surface area contributed by atoms with Crippen molar-refractivity contribution in [2.24, 2.45) is 0 Å². The number of hydrogen-bond acceptors (Lipinski definition) is 2. The highest BCUT2D eigenvalue weighted by Gasteiger charge is 2.49. The van der Waals surface area contributed by atoms with Gasteiger partial charge in [-0.1, -0.05) is 6.92 Å². The SMILES string of the molecule is CCC1(C)NC(=O)C(C)(C)N(C)C1=O. The third-order valence-corrected chi connectivity index (χ3v) is 3.27. The maximum Gasteiger partial charge on any atom is 0.248 e. The van der Waals surface area contributed by atoms with Crippen LogP contribution in [0.3, 0.4) is 0 Å². The van der Waals surface area contributed by atoms with Crippen molar-refractivity contribution in [3.63, 3.8) is 0 Å². The molecule has 2 amide bonds. The Bertz CT molecular complexity index is 286. The number of hydrogen-bond donors (Lipinski definition) is 1. The maximum absolute atomic E-state index is 12.0. The fourth-order valence-corrected chi connectivity index (χ4v) is 1.47. The van der Waals surface area contributed by atoms with Crippen molar-refractivity contribution in [2.75, 3.05) is 7.05 Å². The van der Waals surface area contributed by atoms with Crippen molar-refractivity contribution in [1.29, 1.82) is 0 Å². The van der Waals surface area contributed by atoms with Crippen molar-refractivity contribution < 1.29 is 9.59 Å². The normalized spacial score (nSPS) is 31.6. The van der Waals surface area contributed by atoms with E-state index in [2.05, 4.69) is 5.32 Å². The number of rotatable bonds is 1. The predicted molar refractivity (Wildman–Crippen MR) is 53.7 cm³/mol. The molecule has 1 aliphatic heterocycles. The van der Waals surface area contributed by atoms with Crippen LogP contribution in [0, 0.1) is 0 Å². The van der Waals surface area contributed by atoms with Gasteiger partial charge in [0.05, 0.1) is 0 Å². The van der Waals surface area contributed by atoms with Crippen LogP contribution in [0.25, 0.3) is 0 Å². The van der Waals surface area contributed by atoms with E-state index in [0.29, 0.717) is 6.42 Å². The number of carbonyl (C=O) groups is 2. The number of nitrogens with zero attached hydrogens (tertiary/aromatic N) is 1. The van der Waals surface area contributed by atoms with E-state index in [1.165, 1.54) is 4.90 Å². The zero-order chi connectivity index (χ0) is 11.1. The lowest BCUT2D eigenvalue weighted by atomic mass is 9.87. The van der Waals surface area contributed by atoms with Gasteiger partial charge in [-0.3, -0.25) is 9.59 Å². The minimum atomic E-state index is -0.744. The van der Waals surface area contributed by atoms with E-state index in [1.54, 1.807) is 27.8 Å². The molecule has 1 N–H and O–H groups in total. The molecule has 1 heterocycles. The van der Waals surface area contributed by atoms with Gasteiger partial charge in [0.2, 0.25) is 11.8 Å². The van der Waals surface area contributed by atoms with Crippen LogP contribution in [-0.2, 0) is 9.59 Å². The van der Waals surface area contributed by atoms with E-state index in [1.807, 2.05) is 6.92 Å². The molecule has 0 radical (unpaired) electrons. The van der Waals surface area contributed by atoms with Gasteiger partial charge in [0.15, 0.2) is 0 Å². The molecule has 1 atom stereocenters. The van der Waals surface area contributed by atoms with Crippen molar-refractivity contribution in [2.45, 2.75) is 45.2 Å². The van der Waals surface area contributed by atoms with E-state index in [4.69, 9.17) is 0 Å². The van der Waals surface area contributed by atoms with Crippen LogP contribution < -0.4 is 5.32 Å². The summed E-state index contributed by atoms with van der Waals surface area (Å²) in [6.45, 7) is 7.15. The fourth-order valence-electron chi connectivity index (χ4n) is 1.47. The van der Waals surface area contributed by atoms with Crippen molar-refractivity contribution in [3.05, 3.63) is 0 Å². The van der Waals surface area contributed by atoms with Gasteiger partial charge in [0.25, 0.3) is 0 Å². The van der Waals surface area contributed by atoms with Crippen LogP contribution >= 0.6 is 0 Å². The van der Waals surface area contributed by atoms with Crippen LogP contribution in [-0.4, -0.2) is 34.8 Å². The molecule has 0 spiro atoms. The summed E-state index contributed by atoms with van der Waals surface area (Å²) in [5.74, 6) is -0.117. The summed E-state index contributed by atoms with van der Waals surface area (Å²) in [7, 11) is 1.68. The molecule has 1 saturated heterocycles. The summed E-state index contributed by atoms with van der Waals surface area (Å²) >= 11 is 0. The molecule has 1 aliphatic rings. The molecule has 0 aromatic carbocycles. The Morgan fingerprint density at radius 1 is 1.29 bits per heavy atom. The first-order chi connectivity index (χ1) is 6.25. The lowest BCUT2D eigenvalue weighted by Gasteiger charge is -2.46. The van der Waals surface area contributed by atoms with Crippen LogP contribution in [0.4, 0.5) is 0 Å². The van der Waals surface area contributed by atoms with Gasteiger partial charge in [-0.25, -0.2) is 0 Å². The predicted octanol–water partition coefficient (Wildman–Crippen LogP) is 0.522. The van der Waals surface area contributed by atoms with Crippen LogP contribution in [0.5, 0.6) is 0 Å². The zero-order valence-corrected chi connectivity index (χ0v) is 9.47. The Kier molecular flexibility index (Phi) is 2.34. The van der Waals surface area contributed by atoms with Gasteiger partial charge in [-0.15, -0.1) is 0 Å². The summed E-state index contributed by atoms with van der Waals surface area (Å²) in [6.07, 6.45) is 0.609. The maximum atomic E-state index is 12.0. The van der Waals surface area contributed by atoms with Gasteiger partial charge < -0.3 is 10.2 Å². The van der Waals surface area contributed by atoms with Gasteiger partial charge in [0, 0.05) is 7.05 Å². The number of likely N-dealkylation sites (N-methyl/N-ethyl adjacent to an activating group) is 1. The summed E-state index contributed by atoms with van der Waals surface area (Å²) < 4.78 is 0. The summed E-state index contributed by atoms with van der Waals surface area (Å²) in [5.41, 5.74) is -1.48. The Morgan fingerprint density at radius 3 is 2.21 bits per heavy atom. The quantitative estimate of drug-likeness (QED) is 0.668. The molecule has 4 heteroatoms. The van der Waals surface area contributed by atoms with Gasteiger partial charge in [0.1, 0.15) is 11.1 Å². The molecular formula is C10H18N2O2. The third kappa shape index (κ3) is 1.29. The summed E-state index contributed by atoms with van der Waals surface area (Å²) in [4.78, 5) is 25.2. The average Bonchev–Trinajstić information content (AvgIpc) is 2.13. The zero-order valence-electron chi connectivity index (χ0n) is 9.47. The van der Waals surface area contributed by atoms with Crippen molar-refractivity contribution in [3.8, 4) is 0 Å². The topological polar surface area (TPSA) is 49.4 Å². The molecule has 0 aromatic rings. The Labute approximate surface area is 84.7 Å². The second-order valence-electron chi connectivity index (χ2n) is 4.56. The number of nitrogens with one attached hydrogen (secondary N) is 1. The molecular weight excluding hydrogens is 180 g/mol. The van der Waals surface area contributed by atoms with Crippen LogP contribution in [0.2, 0.25) is 0 Å². The van der Waals surface area contributed by atoms with Gasteiger partial charge in [-0.05, 0) is 27.2 Å². The summed E-state index contributed by atoms with van der Waals surface area (Å²) in [6, 6.07) is 0. The molecule has 1 unspecified atom stereocenters. The van der Waals surface area contributed by atoms with Crippen molar-refractivity contribution >= 4 is 11.8 Å². The highest BCUT2D eigenvalue weighted by Crippen LogP contribution is 2.26. The molecule has 0 bridgehead atoms. The molecule has 0 saturated carbocycles. The summed E-state index contributed by atoms with van der Waals surface area (Å²) in [5, 5.41) is 2.78. The second-order valence-corrected chi connectivity index (χ2v) is 4.56. The molecule has 1 fully saturated rings. The lowest BCUT2D eigenvalue weighted by Crippen LogP contribution is -2.72. The number of amides is 2. The largest absolute Gasteiger partial charge is 0.340 e. The Hall–Kier alpha value is -1.06. The fraction of sp³-hybridized carbons (Fsp3) is 0.800. The third-order valence-electron chi connectivity index (χ3n) is 3.27. The number of piperazine rings is 1. The average molecular weight is 198 g/mol. The lowest BCUT2D eigenvalue weighted by molar-refractivity contribution is -0.158. The molecule has 80 valence electrons. The first kappa shape index (κ1) is 11.0. The van der Waals surface area contributed by atoms with E-state index >= 15 is 0 Å². The monoisotopic (exact) mass is 198 g/mol. The smallest absolute Gasteiger partial charge is 0.248 e.